The summed E-state index contributed by atoms with van der Waals surface area (Å²) >= 11 is 6.03. The second-order valence-corrected chi connectivity index (χ2v) is 6.29. The first-order valence-electron chi connectivity index (χ1n) is 7.52. The van der Waals surface area contributed by atoms with Gasteiger partial charge in [0.2, 0.25) is 11.8 Å². The van der Waals surface area contributed by atoms with Gasteiger partial charge in [-0.25, -0.2) is 0 Å². The number of imide groups is 1. The van der Waals surface area contributed by atoms with Crippen LogP contribution in [0.3, 0.4) is 0 Å². The van der Waals surface area contributed by atoms with E-state index in [4.69, 9.17) is 11.6 Å². The van der Waals surface area contributed by atoms with Crippen LogP contribution in [0.1, 0.15) is 23.1 Å². The number of nitrogens with zero attached hydrogens (tertiary/aromatic N) is 2. The number of halogens is 1. The number of aryl methyl sites for hydroxylation is 1. The fourth-order valence-electron chi connectivity index (χ4n) is 2.88. The summed E-state index contributed by atoms with van der Waals surface area (Å²) < 4.78 is 0. The van der Waals surface area contributed by atoms with Gasteiger partial charge in [0.05, 0.1) is 12.5 Å². The Labute approximate surface area is 140 Å². The van der Waals surface area contributed by atoms with Crippen molar-refractivity contribution in [2.45, 2.75) is 26.3 Å². The van der Waals surface area contributed by atoms with Crippen molar-refractivity contribution in [3.05, 3.63) is 64.4 Å². The van der Waals surface area contributed by atoms with E-state index in [1.54, 1.807) is 18.5 Å². The van der Waals surface area contributed by atoms with Crippen LogP contribution in [0.15, 0.2) is 42.7 Å². The maximum Gasteiger partial charge on any atom is 0.233 e. The third kappa shape index (κ3) is 3.42. The fourth-order valence-corrected chi connectivity index (χ4v) is 3.07. The molecule has 1 aromatic heterocycles. The van der Waals surface area contributed by atoms with Crippen molar-refractivity contribution in [3.63, 3.8) is 0 Å². The van der Waals surface area contributed by atoms with Crippen LogP contribution in [0.4, 0.5) is 0 Å². The van der Waals surface area contributed by atoms with Gasteiger partial charge in [-0.15, -0.1) is 0 Å². The highest BCUT2D eigenvalue weighted by molar-refractivity contribution is 6.30. The van der Waals surface area contributed by atoms with E-state index in [1.807, 2.05) is 31.2 Å². The lowest BCUT2D eigenvalue weighted by Gasteiger charge is -2.15. The van der Waals surface area contributed by atoms with Crippen molar-refractivity contribution in [1.82, 2.24) is 9.88 Å². The quantitative estimate of drug-likeness (QED) is 0.810. The molecule has 5 heteroatoms. The van der Waals surface area contributed by atoms with E-state index in [1.165, 1.54) is 4.90 Å². The maximum absolute atomic E-state index is 12.6. The molecule has 23 heavy (non-hydrogen) atoms. The van der Waals surface area contributed by atoms with Crippen LogP contribution in [-0.2, 0) is 22.6 Å². The zero-order chi connectivity index (χ0) is 16.4. The van der Waals surface area contributed by atoms with Gasteiger partial charge in [-0.1, -0.05) is 23.7 Å². The average molecular weight is 329 g/mol. The standard InChI is InChI=1S/C18H17ClN2O2/c1-12-4-5-16(19)8-14(12)7-15-9-17(22)21(18(15)23)11-13-3-2-6-20-10-13/h2-6,8,10,15H,7,9,11H2,1H3. The molecule has 1 aliphatic rings. The molecule has 2 amide bonds. The Hall–Kier alpha value is -2.20. The Balaban J connectivity index is 1.74. The van der Waals surface area contributed by atoms with E-state index in [0.717, 1.165) is 16.7 Å². The number of carbonyl (C=O) groups excluding carboxylic acids is 2. The Morgan fingerprint density at radius 3 is 2.87 bits per heavy atom. The zero-order valence-electron chi connectivity index (χ0n) is 12.8. The van der Waals surface area contributed by atoms with Crippen molar-refractivity contribution in [3.8, 4) is 0 Å². The lowest BCUT2D eigenvalue weighted by Crippen LogP contribution is -2.30. The van der Waals surface area contributed by atoms with Crippen LogP contribution < -0.4 is 0 Å². The van der Waals surface area contributed by atoms with E-state index >= 15 is 0 Å². The van der Waals surface area contributed by atoms with Gasteiger partial charge < -0.3 is 0 Å². The second kappa shape index (κ2) is 6.50. The molecule has 1 saturated heterocycles. The van der Waals surface area contributed by atoms with Crippen LogP contribution in [-0.4, -0.2) is 21.7 Å². The summed E-state index contributed by atoms with van der Waals surface area (Å²) in [6, 6.07) is 9.30. The molecule has 0 saturated carbocycles. The molecule has 4 nitrogen and oxygen atoms in total. The van der Waals surface area contributed by atoms with Gasteiger partial charge in [-0.3, -0.25) is 19.5 Å². The molecule has 0 N–H and O–H groups in total. The number of hydrogen-bond acceptors (Lipinski definition) is 3. The van der Waals surface area contributed by atoms with Crippen LogP contribution in [0, 0.1) is 12.8 Å². The number of benzene rings is 1. The van der Waals surface area contributed by atoms with Crippen molar-refractivity contribution in [1.29, 1.82) is 0 Å². The van der Waals surface area contributed by atoms with Crippen molar-refractivity contribution in [2.24, 2.45) is 5.92 Å². The van der Waals surface area contributed by atoms with Gasteiger partial charge in [0, 0.05) is 23.8 Å². The lowest BCUT2D eigenvalue weighted by atomic mass is 9.95. The molecule has 0 aliphatic carbocycles. The predicted molar refractivity (Wildman–Crippen MR) is 87.8 cm³/mol. The van der Waals surface area contributed by atoms with E-state index in [0.29, 0.717) is 11.4 Å². The van der Waals surface area contributed by atoms with E-state index in [9.17, 15) is 9.59 Å². The number of hydrogen-bond donors (Lipinski definition) is 0. The van der Waals surface area contributed by atoms with Crippen molar-refractivity contribution < 1.29 is 9.59 Å². The topological polar surface area (TPSA) is 50.3 Å². The zero-order valence-corrected chi connectivity index (χ0v) is 13.6. The number of carbonyl (C=O) groups is 2. The van der Waals surface area contributed by atoms with Gasteiger partial charge >= 0.3 is 0 Å². The van der Waals surface area contributed by atoms with E-state index in [-0.39, 0.29) is 30.7 Å². The minimum absolute atomic E-state index is 0.113. The highest BCUT2D eigenvalue weighted by Crippen LogP contribution is 2.27. The first kappa shape index (κ1) is 15.7. The number of pyridine rings is 1. The summed E-state index contributed by atoms with van der Waals surface area (Å²) in [7, 11) is 0. The Kier molecular flexibility index (Phi) is 4.44. The summed E-state index contributed by atoms with van der Waals surface area (Å²) in [6.45, 7) is 2.27. The molecule has 118 valence electrons. The lowest BCUT2D eigenvalue weighted by molar-refractivity contribution is -0.140. The minimum atomic E-state index is -0.309. The highest BCUT2D eigenvalue weighted by atomic mass is 35.5. The normalized spacial score (nSPS) is 17.8. The number of aromatic nitrogens is 1. The highest BCUT2D eigenvalue weighted by Gasteiger charge is 2.38. The maximum atomic E-state index is 12.6. The first-order chi connectivity index (χ1) is 11.0. The smallest absolute Gasteiger partial charge is 0.233 e. The predicted octanol–water partition coefficient (Wildman–Crippen LogP) is 3.16. The molecule has 0 spiro atoms. The van der Waals surface area contributed by atoms with E-state index < -0.39 is 0 Å². The number of rotatable bonds is 4. The molecule has 3 rings (SSSR count). The summed E-state index contributed by atoms with van der Waals surface area (Å²) in [5, 5.41) is 0.648. The Bertz CT molecular complexity index is 746. The molecule has 1 aromatic carbocycles. The molecule has 1 atom stereocenters. The molecular weight excluding hydrogens is 312 g/mol. The minimum Gasteiger partial charge on any atom is -0.278 e. The fraction of sp³-hybridized carbons (Fsp3) is 0.278. The van der Waals surface area contributed by atoms with Crippen LogP contribution >= 0.6 is 11.6 Å². The SMILES string of the molecule is Cc1ccc(Cl)cc1CC1CC(=O)N(Cc2cccnc2)C1=O. The molecule has 2 aromatic rings. The Morgan fingerprint density at radius 1 is 1.30 bits per heavy atom. The molecule has 1 unspecified atom stereocenters. The molecule has 0 radical (unpaired) electrons. The van der Waals surface area contributed by atoms with Crippen LogP contribution in [0.25, 0.3) is 0 Å². The molecular formula is C18H17ClN2O2. The monoisotopic (exact) mass is 328 g/mol. The van der Waals surface area contributed by atoms with Crippen molar-refractivity contribution >= 4 is 23.4 Å². The largest absolute Gasteiger partial charge is 0.278 e. The van der Waals surface area contributed by atoms with Gasteiger partial charge in [0.15, 0.2) is 0 Å². The number of likely N-dealkylation sites (tertiary alicyclic amines) is 1. The van der Waals surface area contributed by atoms with Gasteiger partial charge in [-0.05, 0) is 48.2 Å². The second-order valence-electron chi connectivity index (χ2n) is 5.86. The van der Waals surface area contributed by atoms with Crippen LogP contribution in [0.5, 0.6) is 0 Å². The number of amides is 2. The average Bonchev–Trinajstić information content (AvgIpc) is 2.80. The van der Waals surface area contributed by atoms with Crippen LogP contribution in [0.2, 0.25) is 5.02 Å². The summed E-state index contributed by atoms with van der Waals surface area (Å²) in [6.07, 6.45) is 4.14. The first-order valence-corrected chi connectivity index (χ1v) is 7.90. The Morgan fingerprint density at radius 2 is 2.13 bits per heavy atom. The van der Waals surface area contributed by atoms with Gasteiger partial charge in [-0.2, -0.15) is 0 Å². The molecule has 1 fully saturated rings. The molecule has 2 heterocycles. The van der Waals surface area contributed by atoms with E-state index in [2.05, 4.69) is 4.98 Å². The van der Waals surface area contributed by atoms with Gasteiger partial charge in [0.1, 0.15) is 0 Å². The van der Waals surface area contributed by atoms with Gasteiger partial charge in [0.25, 0.3) is 0 Å². The summed E-state index contributed by atoms with van der Waals surface area (Å²) in [5.41, 5.74) is 2.96. The third-order valence-corrected chi connectivity index (χ3v) is 4.41. The summed E-state index contributed by atoms with van der Waals surface area (Å²) in [5.74, 6) is -0.543. The molecule has 0 bridgehead atoms. The van der Waals surface area contributed by atoms with Crippen molar-refractivity contribution in [2.75, 3.05) is 0 Å². The molecule has 1 aliphatic heterocycles. The third-order valence-electron chi connectivity index (χ3n) is 4.18. The summed E-state index contributed by atoms with van der Waals surface area (Å²) in [4.78, 5) is 30.1.